The standard InChI is InChI=1S/C5H5ClF2N2/c1-3-4(6)2-9-10(3)5(7)8/h2,5H,1H3. The molecule has 1 heterocycles. The van der Waals surface area contributed by atoms with Gasteiger partial charge in [-0.25, -0.2) is 4.68 Å². The highest BCUT2D eigenvalue weighted by atomic mass is 35.5. The van der Waals surface area contributed by atoms with E-state index in [9.17, 15) is 8.78 Å². The Morgan fingerprint density at radius 1 is 1.70 bits per heavy atom. The van der Waals surface area contributed by atoms with E-state index in [1.165, 1.54) is 13.1 Å². The van der Waals surface area contributed by atoms with Gasteiger partial charge in [0.2, 0.25) is 0 Å². The molecule has 0 aliphatic heterocycles. The highest BCUT2D eigenvalue weighted by molar-refractivity contribution is 6.31. The Morgan fingerprint density at radius 3 is 2.50 bits per heavy atom. The van der Waals surface area contributed by atoms with Gasteiger partial charge in [0.15, 0.2) is 0 Å². The molecule has 0 saturated carbocycles. The summed E-state index contributed by atoms with van der Waals surface area (Å²) in [5.41, 5.74) is 0.289. The van der Waals surface area contributed by atoms with Crippen LogP contribution < -0.4 is 0 Å². The molecule has 0 aliphatic rings. The molecule has 0 unspecified atom stereocenters. The number of hydrogen-bond acceptors (Lipinski definition) is 1. The summed E-state index contributed by atoms with van der Waals surface area (Å²) in [6, 6.07) is 0. The van der Waals surface area contributed by atoms with Crippen LogP contribution in [-0.2, 0) is 0 Å². The fraction of sp³-hybridized carbons (Fsp3) is 0.400. The molecule has 0 aromatic carbocycles. The smallest absolute Gasteiger partial charge is 0.207 e. The van der Waals surface area contributed by atoms with E-state index in [2.05, 4.69) is 5.10 Å². The van der Waals surface area contributed by atoms with Crippen LogP contribution in [0.5, 0.6) is 0 Å². The van der Waals surface area contributed by atoms with E-state index in [0.29, 0.717) is 4.68 Å². The molecule has 2 nitrogen and oxygen atoms in total. The van der Waals surface area contributed by atoms with Gasteiger partial charge in [-0.3, -0.25) is 0 Å². The van der Waals surface area contributed by atoms with E-state index in [1.54, 1.807) is 0 Å². The van der Waals surface area contributed by atoms with Crippen LogP contribution in [0.2, 0.25) is 5.02 Å². The second-order valence-corrected chi connectivity index (χ2v) is 2.21. The van der Waals surface area contributed by atoms with E-state index < -0.39 is 6.55 Å². The van der Waals surface area contributed by atoms with Gasteiger partial charge >= 0.3 is 6.55 Å². The summed E-state index contributed by atoms with van der Waals surface area (Å²) < 4.78 is 24.3. The maximum Gasteiger partial charge on any atom is 0.333 e. The van der Waals surface area contributed by atoms with Crippen LogP contribution in [-0.4, -0.2) is 9.78 Å². The van der Waals surface area contributed by atoms with Crippen LogP contribution >= 0.6 is 11.6 Å². The number of hydrogen-bond donors (Lipinski definition) is 0. The first-order chi connectivity index (χ1) is 4.63. The molecule has 0 N–H and O–H groups in total. The van der Waals surface area contributed by atoms with Gasteiger partial charge < -0.3 is 0 Å². The maximum absolute atomic E-state index is 11.9. The largest absolute Gasteiger partial charge is 0.333 e. The van der Waals surface area contributed by atoms with E-state index in [1.807, 2.05) is 0 Å². The maximum atomic E-state index is 11.9. The van der Waals surface area contributed by atoms with Gasteiger partial charge in [-0.2, -0.15) is 13.9 Å². The second kappa shape index (κ2) is 2.54. The Balaban J connectivity index is 3.05. The molecule has 1 aromatic rings. The van der Waals surface area contributed by atoms with E-state index in [4.69, 9.17) is 11.6 Å². The van der Waals surface area contributed by atoms with Crippen LogP contribution in [0.3, 0.4) is 0 Å². The third kappa shape index (κ3) is 1.11. The zero-order chi connectivity index (χ0) is 7.72. The van der Waals surface area contributed by atoms with Gasteiger partial charge in [-0.05, 0) is 6.92 Å². The van der Waals surface area contributed by atoms with Crippen molar-refractivity contribution in [3.05, 3.63) is 16.9 Å². The lowest BCUT2D eigenvalue weighted by Crippen LogP contribution is -2.01. The first-order valence-corrected chi connectivity index (χ1v) is 2.98. The first-order valence-electron chi connectivity index (χ1n) is 2.60. The topological polar surface area (TPSA) is 17.8 Å². The molecule has 5 heteroatoms. The lowest BCUT2D eigenvalue weighted by Gasteiger charge is -1.99. The lowest BCUT2D eigenvalue weighted by molar-refractivity contribution is 0.0544. The summed E-state index contributed by atoms with van der Waals surface area (Å²) in [7, 11) is 0. The highest BCUT2D eigenvalue weighted by Crippen LogP contribution is 2.18. The quantitative estimate of drug-likeness (QED) is 0.626. The molecule has 0 amide bonds. The Hall–Kier alpha value is -0.640. The Kier molecular flexibility index (Phi) is 1.89. The first kappa shape index (κ1) is 7.47. The molecule has 1 aromatic heterocycles. The van der Waals surface area contributed by atoms with Crippen molar-refractivity contribution in [3.63, 3.8) is 0 Å². The number of alkyl halides is 2. The molecule has 0 bridgehead atoms. The minimum absolute atomic E-state index is 0.264. The minimum Gasteiger partial charge on any atom is -0.207 e. The van der Waals surface area contributed by atoms with Crippen molar-refractivity contribution in [2.45, 2.75) is 13.5 Å². The van der Waals surface area contributed by atoms with Crippen LogP contribution in [0.1, 0.15) is 12.2 Å². The van der Waals surface area contributed by atoms with E-state index in [0.717, 1.165) is 0 Å². The zero-order valence-electron chi connectivity index (χ0n) is 5.18. The van der Waals surface area contributed by atoms with Crippen molar-refractivity contribution in [2.75, 3.05) is 0 Å². The van der Waals surface area contributed by atoms with Gasteiger partial charge in [-0.1, -0.05) is 11.6 Å². The third-order valence-electron chi connectivity index (χ3n) is 1.17. The molecular weight excluding hydrogens is 162 g/mol. The van der Waals surface area contributed by atoms with Gasteiger partial charge in [-0.15, -0.1) is 0 Å². The average molecular weight is 167 g/mol. The van der Waals surface area contributed by atoms with Crippen molar-refractivity contribution >= 4 is 11.6 Å². The fourth-order valence-corrected chi connectivity index (χ4v) is 0.729. The van der Waals surface area contributed by atoms with Crippen molar-refractivity contribution in [3.8, 4) is 0 Å². The van der Waals surface area contributed by atoms with Crippen LogP contribution in [0, 0.1) is 6.92 Å². The molecule has 0 fully saturated rings. The lowest BCUT2D eigenvalue weighted by atomic mass is 10.5. The third-order valence-corrected chi connectivity index (χ3v) is 1.54. The fourth-order valence-electron chi connectivity index (χ4n) is 0.599. The SMILES string of the molecule is Cc1c(Cl)cnn1C(F)F. The summed E-state index contributed by atoms with van der Waals surface area (Å²) in [5.74, 6) is 0. The van der Waals surface area contributed by atoms with E-state index >= 15 is 0 Å². The molecular formula is C5H5ClF2N2. The molecule has 0 aliphatic carbocycles. The normalized spacial score (nSPS) is 10.9. The van der Waals surface area contributed by atoms with Gasteiger partial charge in [0.1, 0.15) is 0 Å². The van der Waals surface area contributed by atoms with Crippen LogP contribution in [0.4, 0.5) is 8.78 Å². The van der Waals surface area contributed by atoms with Crippen LogP contribution in [0.25, 0.3) is 0 Å². The van der Waals surface area contributed by atoms with Gasteiger partial charge in [0.05, 0.1) is 16.9 Å². The minimum atomic E-state index is -2.60. The molecule has 0 radical (unpaired) electrons. The Labute approximate surface area is 61.4 Å². The Morgan fingerprint density at radius 2 is 2.30 bits per heavy atom. The number of halogens is 3. The van der Waals surface area contributed by atoms with Crippen molar-refractivity contribution in [1.29, 1.82) is 0 Å². The van der Waals surface area contributed by atoms with E-state index in [-0.39, 0.29) is 10.7 Å². The zero-order valence-corrected chi connectivity index (χ0v) is 5.94. The van der Waals surface area contributed by atoms with Crippen molar-refractivity contribution in [1.82, 2.24) is 9.78 Å². The summed E-state index contributed by atoms with van der Waals surface area (Å²) in [6.07, 6.45) is 1.20. The Bertz CT molecular complexity index is 234. The summed E-state index contributed by atoms with van der Waals surface area (Å²) >= 11 is 5.46. The molecule has 0 spiro atoms. The van der Waals surface area contributed by atoms with Crippen LogP contribution in [0.15, 0.2) is 6.20 Å². The predicted octanol–water partition coefficient (Wildman–Crippen LogP) is 2.24. The van der Waals surface area contributed by atoms with Crippen molar-refractivity contribution in [2.24, 2.45) is 0 Å². The molecule has 0 atom stereocenters. The van der Waals surface area contributed by atoms with Crippen molar-refractivity contribution < 1.29 is 8.78 Å². The number of rotatable bonds is 1. The molecule has 56 valence electrons. The molecule has 1 rings (SSSR count). The van der Waals surface area contributed by atoms with Gasteiger partial charge in [0, 0.05) is 0 Å². The summed E-state index contributed by atoms with van der Waals surface area (Å²) in [5, 5.41) is 3.61. The number of nitrogens with zero attached hydrogens (tertiary/aromatic N) is 2. The monoisotopic (exact) mass is 166 g/mol. The number of aromatic nitrogens is 2. The van der Waals surface area contributed by atoms with Gasteiger partial charge in [0.25, 0.3) is 0 Å². The average Bonchev–Trinajstić information content (AvgIpc) is 2.14. The summed E-state index contributed by atoms with van der Waals surface area (Å²) in [4.78, 5) is 0. The highest BCUT2D eigenvalue weighted by Gasteiger charge is 2.11. The predicted molar refractivity (Wildman–Crippen MR) is 33.2 cm³/mol. The molecule has 0 saturated heterocycles. The summed E-state index contributed by atoms with van der Waals surface area (Å²) in [6.45, 7) is -1.12. The second-order valence-electron chi connectivity index (χ2n) is 1.80. The molecule has 10 heavy (non-hydrogen) atoms.